The van der Waals surface area contributed by atoms with Crippen molar-refractivity contribution in [2.45, 2.75) is 31.1 Å². The van der Waals surface area contributed by atoms with Gasteiger partial charge in [-0.3, -0.25) is 0 Å². The molecule has 0 spiro atoms. The van der Waals surface area contributed by atoms with Gasteiger partial charge in [-0.05, 0) is 61.1 Å². The predicted molar refractivity (Wildman–Crippen MR) is 101 cm³/mol. The molecule has 2 aliphatic rings. The quantitative estimate of drug-likeness (QED) is 0.849. The number of rotatable bonds is 3. The van der Waals surface area contributed by atoms with E-state index >= 15 is 0 Å². The minimum absolute atomic E-state index is 0.456. The Labute approximate surface area is 150 Å². The van der Waals surface area contributed by atoms with Crippen molar-refractivity contribution in [1.82, 2.24) is 4.31 Å². The molecule has 1 aliphatic carbocycles. The highest BCUT2D eigenvalue weighted by atomic mass is 32.2. The molecule has 2 aromatic rings. The smallest absolute Gasteiger partial charge is 0.243 e. The second kappa shape index (κ2) is 6.46. The number of hydrogen-bond donors (Lipinski definition) is 0. The van der Waals surface area contributed by atoms with Gasteiger partial charge < -0.3 is 4.90 Å². The number of para-hydroxylation sites is 1. The summed E-state index contributed by atoms with van der Waals surface area (Å²) in [6, 6.07) is 14.0. The second-order valence-corrected chi connectivity index (χ2v) is 8.90. The number of piperazine rings is 1. The molecule has 0 atom stereocenters. The molecule has 25 heavy (non-hydrogen) atoms. The summed E-state index contributed by atoms with van der Waals surface area (Å²) in [5.74, 6) is 0. The van der Waals surface area contributed by atoms with Gasteiger partial charge in [0.1, 0.15) is 0 Å². The van der Waals surface area contributed by atoms with Gasteiger partial charge in [-0.25, -0.2) is 8.42 Å². The van der Waals surface area contributed by atoms with Crippen molar-refractivity contribution in [3.8, 4) is 0 Å². The van der Waals surface area contributed by atoms with Crippen LogP contribution in [0.2, 0.25) is 0 Å². The first kappa shape index (κ1) is 16.6. The molecule has 0 amide bonds. The first-order chi connectivity index (χ1) is 12.1. The monoisotopic (exact) mass is 356 g/mol. The first-order valence-electron chi connectivity index (χ1n) is 8.98. The highest BCUT2D eigenvalue weighted by Crippen LogP contribution is 2.27. The minimum Gasteiger partial charge on any atom is -0.369 e. The van der Waals surface area contributed by atoms with Gasteiger partial charge in [0.05, 0.1) is 4.90 Å². The maximum Gasteiger partial charge on any atom is 0.243 e. The Hall–Kier alpha value is -1.85. The molecule has 0 N–H and O–H groups in total. The SMILES string of the molecule is Cc1ccccc1N1CCN(S(=O)(=O)c2ccc3c(c2)CCC3)CC1. The van der Waals surface area contributed by atoms with E-state index < -0.39 is 10.0 Å². The predicted octanol–water partition coefficient (Wildman–Crippen LogP) is 2.99. The van der Waals surface area contributed by atoms with E-state index in [9.17, 15) is 8.42 Å². The number of anilines is 1. The molecular weight excluding hydrogens is 332 g/mol. The summed E-state index contributed by atoms with van der Waals surface area (Å²) >= 11 is 0. The molecule has 1 heterocycles. The molecular formula is C20H24N2O2S. The number of aryl methyl sites for hydroxylation is 3. The molecule has 0 saturated carbocycles. The molecule has 0 aromatic heterocycles. The lowest BCUT2D eigenvalue weighted by Crippen LogP contribution is -2.48. The molecule has 1 aliphatic heterocycles. The summed E-state index contributed by atoms with van der Waals surface area (Å²) in [6.45, 7) is 4.63. The fourth-order valence-corrected chi connectivity index (χ4v) is 5.42. The Morgan fingerprint density at radius 1 is 0.880 bits per heavy atom. The van der Waals surface area contributed by atoms with Crippen LogP contribution in [-0.2, 0) is 22.9 Å². The number of fused-ring (bicyclic) bond motifs is 1. The molecule has 4 rings (SSSR count). The van der Waals surface area contributed by atoms with Gasteiger partial charge in [-0.2, -0.15) is 4.31 Å². The molecule has 5 heteroatoms. The van der Waals surface area contributed by atoms with Gasteiger partial charge in [0.15, 0.2) is 0 Å². The normalized spacial score (nSPS) is 18.4. The van der Waals surface area contributed by atoms with Crippen LogP contribution >= 0.6 is 0 Å². The van der Waals surface area contributed by atoms with Crippen LogP contribution in [0.25, 0.3) is 0 Å². The average molecular weight is 356 g/mol. The van der Waals surface area contributed by atoms with Gasteiger partial charge in [-0.15, -0.1) is 0 Å². The highest BCUT2D eigenvalue weighted by Gasteiger charge is 2.29. The molecule has 0 unspecified atom stereocenters. The first-order valence-corrected chi connectivity index (χ1v) is 10.4. The van der Waals surface area contributed by atoms with Gasteiger partial charge >= 0.3 is 0 Å². The van der Waals surface area contributed by atoms with Crippen molar-refractivity contribution in [2.24, 2.45) is 0 Å². The lowest BCUT2D eigenvalue weighted by molar-refractivity contribution is 0.384. The van der Waals surface area contributed by atoms with Gasteiger partial charge in [-0.1, -0.05) is 24.3 Å². The largest absolute Gasteiger partial charge is 0.369 e. The molecule has 1 saturated heterocycles. The summed E-state index contributed by atoms with van der Waals surface area (Å²) in [4.78, 5) is 2.74. The maximum atomic E-state index is 13.0. The van der Waals surface area contributed by atoms with Crippen molar-refractivity contribution >= 4 is 15.7 Å². The van der Waals surface area contributed by atoms with E-state index in [1.807, 2.05) is 24.3 Å². The van der Waals surface area contributed by atoms with Crippen LogP contribution in [0.4, 0.5) is 5.69 Å². The Balaban J connectivity index is 1.51. The van der Waals surface area contributed by atoms with E-state index in [-0.39, 0.29) is 0 Å². The third-order valence-electron chi connectivity index (χ3n) is 5.40. The zero-order valence-electron chi connectivity index (χ0n) is 14.6. The third kappa shape index (κ3) is 3.07. The summed E-state index contributed by atoms with van der Waals surface area (Å²) < 4.78 is 27.6. The van der Waals surface area contributed by atoms with Crippen LogP contribution in [0, 0.1) is 6.92 Å². The molecule has 132 valence electrons. The second-order valence-electron chi connectivity index (χ2n) is 6.96. The molecule has 0 radical (unpaired) electrons. The fraction of sp³-hybridized carbons (Fsp3) is 0.400. The van der Waals surface area contributed by atoms with E-state index in [1.54, 1.807) is 10.4 Å². The van der Waals surface area contributed by atoms with Crippen LogP contribution in [0.15, 0.2) is 47.4 Å². The van der Waals surface area contributed by atoms with Crippen LogP contribution in [0.5, 0.6) is 0 Å². The summed E-state index contributed by atoms with van der Waals surface area (Å²) in [5, 5.41) is 0. The fourth-order valence-electron chi connectivity index (χ4n) is 3.95. The Bertz CT molecular complexity index is 884. The Morgan fingerprint density at radius 3 is 2.36 bits per heavy atom. The summed E-state index contributed by atoms with van der Waals surface area (Å²) in [6.07, 6.45) is 3.21. The Morgan fingerprint density at radius 2 is 1.60 bits per heavy atom. The van der Waals surface area contributed by atoms with Crippen LogP contribution in [0.3, 0.4) is 0 Å². The number of benzene rings is 2. The van der Waals surface area contributed by atoms with E-state index in [1.165, 1.54) is 22.4 Å². The van der Waals surface area contributed by atoms with Gasteiger partial charge in [0.2, 0.25) is 10.0 Å². The van der Waals surface area contributed by atoms with Crippen molar-refractivity contribution < 1.29 is 8.42 Å². The molecule has 4 nitrogen and oxygen atoms in total. The van der Waals surface area contributed by atoms with E-state index in [0.717, 1.165) is 32.4 Å². The standard InChI is InChI=1S/C20H24N2O2S/c1-16-5-2-3-8-20(16)21-11-13-22(14-12-21)25(23,24)19-10-9-17-6-4-7-18(17)15-19/h2-3,5,8-10,15H,4,6-7,11-14H2,1H3. The van der Waals surface area contributed by atoms with Gasteiger partial charge in [0.25, 0.3) is 0 Å². The average Bonchev–Trinajstić information content (AvgIpc) is 3.10. The van der Waals surface area contributed by atoms with E-state index in [2.05, 4.69) is 24.0 Å². The minimum atomic E-state index is -3.39. The maximum absolute atomic E-state index is 13.0. The number of sulfonamides is 1. The molecule has 0 bridgehead atoms. The van der Waals surface area contributed by atoms with Crippen molar-refractivity contribution in [3.63, 3.8) is 0 Å². The Kier molecular flexibility index (Phi) is 4.29. The van der Waals surface area contributed by atoms with Crippen molar-refractivity contribution in [2.75, 3.05) is 31.1 Å². The van der Waals surface area contributed by atoms with Crippen molar-refractivity contribution in [1.29, 1.82) is 0 Å². The zero-order chi connectivity index (χ0) is 17.4. The van der Waals surface area contributed by atoms with Crippen molar-refractivity contribution in [3.05, 3.63) is 59.2 Å². The van der Waals surface area contributed by atoms with E-state index in [0.29, 0.717) is 18.0 Å². The van der Waals surface area contributed by atoms with Crippen LogP contribution < -0.4 is 4.90 Å². The van der Waals surface area contributed by atoms with Gasteiger partial charge in [0, 0.05) is 31.9 Å². The lowest BCUT2D eigenvalue weighted by Gasteiger charge is -2.36. The number of nitrogens with zero attached hydrogens (tertiary/aromatic N) is 2. The third-order valence-corrected chi connectivity index (χ3v) is 7.30. The lowest BCUT2D eigenvalue weighted by atomic mass is 10.1. The summed E-state index contributed by atoms with van der Waals surface area (Å²) in [7, 11) is -3.39. The van der Waals surface area contributed by atoms with Crippen LogP contribution in [0.1, 0.15) is 23.1 Å². The van der Waals surface area contributed by atoms with E-state index in [4.69, 9.17) is 0 Å². The molecule has 1 fully saturated rings. The van der Waals surface area contributed by atoms with Crippen LogP contribution in [-0.4, -0.2) is 38.9 Å². The zero-order valence-corrected chi connectivity index (χ0v) is 15.4. The number of hydrogen-bond acceptors (Lipinski definition) is 3. The summed E-state index contributed by atoms with van der Waals surface area (Å²) in [5.41, 5.74) is 4.96. The highest BCUT2D eigenvalue weighted by molar-refractivity contribution is 7.89. The topological polar surface area (TPSA) is 40.6 Å². The molecule has 2 aromatic carbocycles.